The van der Waals surface area contributed by atoms with Gasteiger partial charge in [-0.05, 0) is 44.9 Å². The zero-order valence-corrected chi connectivity index (χ0v) is 15.3. The molecule has 3 rings (SSSR count). The van der Waals surface area contributed by atoms with Crippen LogP contribution in [0.2, 0.25) is 0 Å². The second-order valence-corrected chi connectivity index (χ2v) is 6.82. The highest BCUT2D eigenvalue weighted by Gasteiger charge is 2.26. The van der Waals surface area contributed by atoms with Gasteiger partial charge in [-0.1, -0.05) is 19.3 Å². The molecule has 1 aliphatic carbocycles. The number of methoxy groups -OCH3 is 1. The third kappa shape index (κ3) is 2.79. The van der Waals surface area contributed by atoms with Crippen molar-refractivity contribution in [1.82, 2.24) is 9.47 Å². The second kappa shape index (κ2) is 6.88. The highest BCUT2D eigenvalue weighted by atomic mass is 16.5. The first-order valence-corrected chi connectivity index (χ1v) is 9.02. The number of carbonyl (C=O) groups excluding carboxylic acids is 1. The Bertz CT molecular complexity index is 742. The van der Waals surface area contributed by atoms with Gasteiger partial charge in [0, 0.05) is 36.2 Å². The summed E-state index contributed by atoms with van der Waals surface area (Å²) in [5.41, 5.74) is 3.09. The Morgan fingerprint density at radius 2 is 2.00 bits per heavy atom. The SMILES string of the molecule is CCN(C)C(=O)c1c(C)n(C2CCCCC2)c2ccc(OC)cc12. The van der Waals surface area contributed by atoms with Crippen molar-refractivity contribution in [1.29, 1.82) is 0 Å². The number of carbonyl (C=O) groups is 1. The van der Waals surface area contributed by atoms with Crippen LogP contribution >= 0.6 is 0 Å². The van der Waals surface area contributed by atoms with Crippen molar-refractivity contribution in [3.05, 3.63) is 29.5 Å². The van der Waals surface area contributed by atoms with E-state index in [1.807, 2.05) is 26.1 Å². The predicted octanol–water partition coefficient (Wildman–Crippen LogP) is 4.56. The summed E-state index contributed by atoms with van der Waals surface area (Å²) in [4.78, 5) is 14.8. The number of ether oxygens (including phenoxy) is 1. The fourth-order valence-corrected chi connectivity index (χ4v) is 3.96. The van der Waals surface area contributed by atoms with Crippen LogP contribution in [-0.4, -0.2) is 36.1 Å². The third-order valence-electron chi connectivity index (χ3n) is 5.43. The van der Waals surface area contributed by atoms with E-state index in [1.165, 1.54) is 32.1 Å². The van der Waals surface area contributed by atoms with Crippen molar-refractivity contribution in [3.63, 3.8) is 0 Å². The molecule has 0 N–H and O–H groups in total. The fraction of sp³-hybridized carbons (Fsp3) is 0.550. The highest BCUT2D eigenvalue weighted by molar-refractivity contribution is 6.08. The summed E-state index contributed by atoms with van der Waals surface area (Å²) in [7, 11) is 3.54. The Morgan fingerprint density at radius 3 is 2.62 bits per heavy atom. The fourth-order valence-electron chi connectivity index (χ4n) is 3.96. The summed E-state index contributed by atoms with van der Waals surface area (Å²) in [6.07, 6.45) is 6.28. The molecule has 0 radical (unpaired) electrons. The maximum absolute atomic E-state index is 13.0. The minimum absolute atomic E-state index is 0.0998. The first-order valence-electron chi connectivity index (χ1n) is 9.02. The van der Waals surface area contributed by atoms with Gasteiger partial charge in [-0.3, -0.25) is 4.79 Å². The normalized spacial score (nSPS) is 15.7. The number of benzene rings is 1. The molecule has 1 saturated carbocycles. The first kappa shape index (κ1) is 16.9. The van der Waals surface area contributed by atoms with Gasteiger partial charge in [0.2, 0.25) is 0 Å². The summed E-state index contributed by atoms with van der Waals surface area (Å²) in [6, 6.07) is 6.62. The first-order chi connectivity index (χ1) is 11.6. The summed E-state index contributed by atoms with van der Waals surface area (Å²) < 4.78 is 7.81. The number of fused-ring (bicyclic) bond motifs is 1. The number of rotatable bonds is 4. The Morgan fingerprint density at radius 1 is 1.29 bits per heavy atom. The van der Waals surface area contributed by atoms with E-state index in [9.17, 15) is 4.79 Å². The van der Waals surface area contributed by atoms with E-state index < -0.39 is 0 Å². The van der Waals surface area contributed by atoms with Crippen molar-refractivity contribution < 1.29 is 9.53 Å². The molecule has 2 aromatic rings. The molecule has 0 spiro atoms. The molecule has 1 aromatic heterocycles. The number of hydrogen-bond donors (Lipinski definition) is 0. The van der Waals surface area contributed by atoms with E-state index in [0.29, 0.717) is 12.6 Å². The molecule has 0 bridgehead atoms. The second-order valence-electron chi connectivity index (χ2n) is 6.82. The summed E-state index contributed by atoms with van der Waals surface area (Å²) in [5, 5.41) is 1.02. The van der Waals surface area contributed by atoms with Crippen LogP contribution in [0.1, 0.15) is 61.1 Å². The summed E-state index contributed by atoms with van der Waals surface area (Å²) >= 11 is 0. The third-order valence-corrected chi connectivity index (χ3v) is 5.43. The van der Waals surface area contributed by atoms with Crippen LogP contribution in [0, 0.1) is 6.92 Å². The zero-order chi connectivity index (χ0) is 17.3. The molecule has 1 fully saturated rings. The van der Waals surface area contributed by atoms with Crippen LogP contribution in [0.5, 0.6) is 5.75 Å². The Balaban J connectivity index is 2.21. The average molecular weight is 328 g/mol. The minimum Gasteiger partial charge on any atom is -0.497 e. The lowest BCUT2D eigenvalue weighted by Crippen LogP contribution is -2.27. The van der Waals surface area contributed by atoms with E-state index >= 15 is 0 Å². The number of amides is 1. The molecule has 0 saturated heterocycles. The summed E-state index contributed by atoms with van der Waals surface area (Å²) in [6.45, 7) is 4.81. The van der Waals surface area contributed by atoms with Gasteiger partial charge in [0.15, 0.2) is 0 Å². The highest BCUT2D eigenvalue weighted by Crippen LogP contribution is 2.37. The van der Waals surface area contributed by atoms with Crippen molar-refractivity contribution in [2.45, 2.75) is 52.0 Å². The zero-order valence-electron chi connectivity index (χ0n) is 15.3. The van der Waals surface area contributed by atoms with Crippen LogP contribution in [-0.2, 0) is 0 Å². The van der Waals surface area contributed by atoms with Crippen LogP contribution in [0.3, 0.4) is 0 Å². The van der Waals surface area contributed by atoms with Crippen molar-refractivity contribution in [3.8, 4) is 5.75 Å². The molecule has 24 heavy (non-hydrogen) atoms. The van der Waals surface area contributed by atoms with Gasteiger partial charge in [0.1, 0.15) is 5.75 Å². The molecular weight excluding hydrogens is 300 g/mol. The number of aromatic nitrogens is 1. The lowest BCUT2D eigenvalue weighted by molar-refractivity contribution is 0.0803. The van der Waals surface area contributed by atoms with Gasteiger partial charge < -0.3 is 14.2 Å². The van der Waals surface area contributed by atoms with Crippen LogP contribution in [0.4, 0.5) is 0 Å². The average Bonchev–Trinajstić information content (AvgIpc) is 2.91. The molecule has 1 heterocycles. The van der Waals surface area contributed by atoms with Gasteiger partial charge in [-0.2, -0.15) is 0 Å². The van der Waals surface area contributed by atoms with Gasteiger partial charge >= 0.3 is 0 Å². The molecule has 0 unspecified atom stereocenters. The maximum Gasteiger partial charge on any atom is 0.256 e. The lowest BCUT2D eigenvalue weighted by atomic mass is 9.95. The Kier molecular flexibility index (Phi) is 4.83. The molecule has 4 nitrogen and oxygen atoms in total. The number of nitrogens with zero attached hydrogens (tertiary/aromatic N) is 2. The van der Waals surface area contributed by atoms with Crippen molar-refractivity contribution in [2.75, 3.05) is 20.7 Å². The Hall–Kier alpha value is -1.97. The van der Waals surface area contributed by atoms with Gasteiger partial charge in [-0.25, -0.2) is 0 Å². The van der Waals surface area contributed by atoms with Gasteiger partial charge in [0.25, 0.3) is 5.91 Å². The maximum atomic E-state index is 13.0. The van der Waals surface area contributed by atoms with Crippen LogP contribution in [0.25, 0.3) is 10.9 Å². The molecule has 1 amide bonds. The monoisotopic (exact) mass is 328 g/mol. The van der Waals surface area contributed by atoms with E-state index in [1.54, 1.807) is 12.0 Å². The molecule has 0 atom stereocenters. The lowest BCUT2D eigenvalue weighted by Gasteiger charge is -2.26. The molecule has 1 aliphatic rings. The van der Waals surface area contributed by atoms with Crippen LogP contribution < -0.4 is 4.74 Å². The quantitative estimate of drug-likeness (QED) is 0.825. The van der Waals surface area contributed by atoms with Crippen molar-refractivity contribution >= 4 is 16.8 Å². The largest absolute Gasteiger partial charge is 0.497 e. The number of hydrogen-bond acceptors (Lipinski definition) is 2. The molecular formula is C20H28N2O2. The molecule has 4 heteroatoms. The van der Waals surface area contributed by atoms with Crippen LogP contribution in [0.15, 0.2) is 18.2 Å². The molecule has 130 valence electrons. The van der Waals surface area contributed by atoms with E-state index in [0.717, 1.165) is 27.9 Å². The summed E-state index contributed by atoms with van der Waals surface area (Å²) in [5.74, 6) is 0.902. The van der Waals surface area contributed by atoms with Gasteiger partial charge in [0.05, 0.1) is 12.7 Å². The molecule has 1 aromatic carbocycles. The molecule has 0 aliphatic heterocycles. The van der Waals surface area contributed by atoms with Crippen molar-refractivity contribution in [2.24, 2.45) is 0 Å². The Labute approximate surface area is 144 Å². The standard InChI is InChI=1S/C20H28N2O2/c1-5-21(3)20(23)19-14(2)22(15-9-7-6-8-10-15)18-12-11-16(24-4)13-17(18)19/h11-13,15H,5-10H2,1-4H3. The minimum atomic E-state index is 0.0998. The van der Waals surface area contributed by atoms with E-state index in [4.69, 9.17) is 4.74 Å². The van der Waals surface area contributed by atoms with E-state index in [2.05, 4.69) is 17.6 Å². The van der Waals surface area contributed by atoms with Gasteiger partial charge in [-0.15, -0.1) is 0 Å². The van der Waals surface area contributed by atoms with E-state index in [-0.39, 0.29) is 5.91 Å². The predicted molar refractivity (Wildman–Crippen MR) is 98.0 cm³/mol. The smallest absolute Gasteiger partial charge is 0.256 e. The topological polar surface area (TPSA) is 34.5 Å².